The summed E-state index contributed by atoms with van der Waals surface area (Å²) in [7, 11) is 0. The van der Waals surface area contributed by atoms with E-state index in [2.05, 4.69) is 21.9 Å². The van der Waals surface area contributed by atoms with Gasteiger partial charge in [0.05, 0.1) is 6.04 Å². The highest BCUT2D eigenvalue weighted by atomic mass is 32.2. The van der Waals surface area contributed by atoms with Gasteiger partial charge in [-0.15, -0.1) is 11.8 Å². The van der Waals surface area contributed by atoms with Crippen molar-refractivity contribution in [1.82, 2.24) is 15.0 Å². The molecule has 1 aromatic carbocycles. The second-order valence-corrected chi connectivity index (χ2v) is 5.56. The number of aryl methyl sites for hydroxylation is 1. The van der Waals surface area contributed by atoms with Crippen LogP contribution < -0.4 is 11.3 Å². The van der Waals surface area contributed by atoms with Gasteiger partial charge in [-0.25, -0.2) is 14.8 Å². The molecule has 0 amide bonds. The summed E-state index contributed by atoms with van der Waals surface area (Å²) in [6.07, 6.45) is 4.77. The lowest BCUT2D eigenvalue weighted by Gasteiger charge is -2.17. The van der Waals surface area contributed by atoms with E-state index >= 15 is 0 Å². The number of halogens is 1. The standard InChI is InChI=1S/C14H19FN4S/c1-2-7-19-8-6-17-14(19)13(18-16)10-20-12-5-3-4-11(15)9-12/h3-6,8-9,13,18H,2,7,10,16H2,1H3. The topological polar surface area (TPSA) is 55.9 Å². The molecule has 2 rings (SSSR count). The van der Waals surface area contributed by atoms with Crippen LogP contribution in [-0.4, -0.2) is 15.3 Å². The molecule has 0 saturated carbocycles. The summed E-state index contributed by atoms with van der Waals surface area (Å²) in [4.78, 5) is 5.26. The first-order chi connectivity index (χ1) is 9.74. The van der Waals surface area contributed by atoms with E-state index in [9.17, 15) is 4.39 Å². The molecule has 0 aliphatic carbocycles. The Balaban J connectivity index is 2.03. The average Bonchev–Trinajstić information content (AvgIpc) is 2.89. The minimum atomic E-state index is -0.222. The van der Waals surface area contributed by atoms with E-state index in [0.717, 1.165) is 23.7 Å². The van der Waals surface area contributed by atoms with Crippen LogP contribution >= 0.6 is 11.8 Å². The third-order valence-corrected chi connectivity index (χ3v) is 4.03. The van der Waals surface area contributed by atoms with Crippen molar-refractivity contribution in [3.8, 4) is 0 Å². The molecule has 0 saturated heterocycles. The van der Waals surface area contributed by atoms with Crippen molar-refractivity contribution in [1.29, 1.82) is 0 Å². The minimum Gasteiger partial charge on any atom is -0.334 e. The van der Waals surface area contributed by atoms with E-state index in [0.29, 0.717) is 5.75 Å². The van der Waals surface area contributed by atoms with E-state index in [1.54, 1.807) is 24.0 Å². The van der Waals surface area contributed by atoms with E-state index in [-0.39, 0.29) is 11.9 Å². The van der Waals surface area contributed by atoms with E-state index in [4.69, 9.17) is 5.84 Å². The Morgan fingerprint density at radius 2 is 2.35 bits per heavy atom. The van der Waals surface area contributed by atoms with Crippen LogP contribution in [0, 0.1) is 5.82 Å². The summed E-state index contributed by atoms with van der Waals surface area (Å²) in [5, 5.41) is 0. The molecule has 20 heavy (non-hydrogen) atoms. The molecule has 1 heterocycles. The van der Waals surface area contributed by atoms with Crippen LogP contribution in [0.2, 0.25) is 0 Å². The number of aromatic nitrogens is 2. The summed E-state index contributed by atoms with van der Waals surface area (Å²) >= 11 is 1.56. The summed E-state index contributed by atoms with van der Waals surface area (Å²) in [5.74, 6) is 7.02. The van der Waals surface area contributed by atoms with E-state index in [1.807, 2.05) is 12.3 Å². The number of imidazole rings is 1. The second-order valence-electron chi connectivity index (χ2n) is 4.47. The van der Waals surface area contributed by atoms with Crippen molar-refractivity contribution in [2.24, 2.45) is 5.84 Å². The van der Waals surface area contributed by atoms with Crippen LogP contribution in [0.5, 0.6) is 0 Å². The molecule has 1 atom stereocenters. The number of hydrogen-bond acceptors (Lipinski definition) is 4. The monoisotopic (exact) mass is 294 g/mol. The van der Waals surface area contributed by atoms with Gasteiger partial charge in [-0.2, -0.15) is 0 Å². The van der Waals surface area contributed by atoms with Crippen molar-refractivity contribution < 1.29 is 4.39 Å². The maximum atomic E-state index is 13.1. The van der Waals surface area contributed by atoms with Gasteiger partial charge in [0.15, 0.2) is 0 Å². The third kappa shape index (κ3) is 3.82. The first kappa shape index (κ1) is 15.0. The Hall–Kier alpha value is -1.37. The van der Waals surface area contributed by atoms with Crippen LogP contribution in [0.4, 0.5) is 4.39 Å². The fraction of sp³-hybridized carbons (Fsp3) is 0.357. The molecule has 0 bridgehead atoms. The number of benzene rings is 1. The van der Waals surface area contributed by atoms with E-state index in [1.165, 1.54) is 12.1 Å². The maximum Gasteiger partial charge on any atom is 0.128 e. The van der Waals surface area contributed by atoms with Gasteiger partial charge in [0.2, 0.25) is 0 Å². The molecule has 3 N–H and O–H groups in total. The Kier molecular flexibility index (Phi) is 5.58. The van der Waals surface area contributed by atoms with Gasteiger partial charge in [-0.1, -0.05) is 13.0 Å². The van der Waals surface area contributed by atoms with Crippen molar-refractivity contribution in [2.75, 3.05) is 5.75 Å². The third-order valence-electron chi connectivity index (χ3n) is 2.94. The SMILES string of the molecule is CCCn1ccnc1C(CSc1cccc(F)c1)NN. The summed E-state index contributed by atoms with van der Waals surface area (Å²) in [6.45, 7) is 3.04. The molecule has 4 nitrogen and oxygen atoms in total. The van der Waals surface area contributed by atoms with Gasteiger partial charge in [0.1, 0.15) is 11.6 Å². The molecule has 0 radical (unpaired) electrons. The number of thioether (sulfide) groups is 1. The van der Waals surface area contributed by atoms with Gasteiger partial charge in [0.25, 0.3) is 0 Å². The minimum absolute atomic E-state index is 0.0650. The number of nitrogens with two attached hydrogens (primary N) is 1. The van der Waals surface area contributed by atoms with Crippen LogP contribution in [-0.2, 0) is 6.54 Å². The fourth-order valence-corrected chi connectivity index (χ4v) is 2.97. The zero-order chi connectivity index (χ0) is 14.4. The molecular formula is C14H19FN4S. The smallest absolute Gasteiger partial charge is 0.128 e. The van der Waals surface area contributed by atoms with Crippen LogP contribution in [0.25, 0.3) is 0 Å². The summed E-state index contributed by atoms with van der Waals surface area (Å²) in [5.41, 5.74) is 2.79. The Labute approximate surface area is 122 Å². The molecule has 0 spiro atoms. The lowest BCUT2D eigenvalue weighted by atomic mass is 10.3. The highest BCUT2D eigenvalue weighted by Gasteiger charge is 2.15. The molecule has 1 aromatic heterocycles. The van der Waals surface area contributed by atoms with Crippen molar-refractivity contribution in [3.63, 3.8) is 0 Å². The zero-order valence-electron chi connectivity index (χ0n) is 11.4. The van der Waals surface area contributed by atoms with Crippen LogP contribution in [0.3, 0.4) is 0 Å². The number of rotatable bonds is 7. The molecular weight excluding hydrogens is 275 g/mol. The lowest BCUT2D eigenvalue weighted by Crippen LogP contribution is -2.32. The molecule has 0 aliphatic rings. The Bertz CT molecular complexity index is 543. The summed E-state index contributed by atoms with van der Waals surface area (Å²) in [6, 6.07) is 6.50. The van der Waals surface area contributed by atoms with Gasteiger partial charge >= 0.3 is 0 Å². The van der Waals surface area contributed by atoms with Crippen molar-refractivity contribution in [2.45, 2.75) is 30.8 Å². The molecule has 0 aliphatic heterocycles. The highest BCUT2D eigenvalue weighted by molar-refractivity contribution is 7.99. The Morgan fingerprint density at radius 1 is 1.50 bits per heavy atom. The molecule has 108 valence electrons. The van der Waals surface area contributed by atoms with Crippen molar-refractivity contribution >= 4 is 11.8 Å². The quantitative estimate of drug-likeness (QED) is 0.468. The normalized spacial score (nSPS) is 12.6. The second kappa shape index (κ2) is 7.42. The maximum absolute atomic E-state index is 13.1. The lowest BCUT2D eigenvalue weighted by molar-refractivity contribution is 0.528. The zero-order valence-corrected chi connectivity index (χ0v) is 12.2. The predicted octanol–water partition coefficient (Wildman–Crippen LogP) is 2.73. The fourth-order valence-electron chi connectivity index (χ4n) is 1.99. The number of hydrogen-bond donors (Lipinski definition) is 2. The van der Waals surface area contributed by atoms with Crippen LogP contribution in [0.15, 0.2) is 41.6 Å². The number of nitrogens with zero attached hydrogens (tertiary/aromatic N) is 2. The molecule has 0 fully saturated rings. The van der Waals surface area contributed by atoms with E-state index < -0.39 is 0 Å². The van der Waals surface area contributed by atoms with Gasteiger partial charge in [-0.05, 0) is 24.6 Å². The Morgan fingerprint density at radius 3 is 3.05 bits per heavy atom. The summed E-state index contributed by atoms with van der Waals surface area (Å²) < 4.78 is 15.2. The molecule has 1 unspecified atom stereocenters. The average molecular weight is 294 g/mol. The number of nitrogens with one attached hydrogen (secondary N) is 1. The van der Waals surface area contributed by atoms with Gasteiger partial charge in [-0.3, -0.25) is 5.84 Å². The molecule has 2 aromatic rings. The highest BCUT2D eigenvalue weighted by Crippen LogP contribution is 2.24. The van der Waals surface area contributed by atoms with Crippen LogP contribution in [0.1, 0.15) is 25.2 Å². The first-order valence-electron chi connectivity index (χ1n) is 6.60. The van der Waals surface area contributed by atoms with Crippen molar-refractivity contribution in [3.05, 3.63) is 48.3 Å². The van der Waals surface area contributed by atoms with Gasteiger partial charge in [0, 0.05) is 29.6 Å². The first-order valence-corrected chi connectivity index (χ1v) is 7.58. The number of hydrazine groups is 1. The molecule has 6 heteroatoms. The predicted molar refractivity (Wildman–Crippen MR) is 79.7 cm³/mol. The largest absolute Gasteiger partial charge is 0.334 e. The van der Waals surface area contributed by atoms with Gasteiger partial charge < -0.3 is 4.57 Å².